The van der Waals surface area contributed by atoms with Crippen LogP contribution in [0.15, 0.2) is 91.0 Å². The van der Waals surface area contributed by atoms with Gasteiger partial charge in [-0.25, -0.2) is 0 Å². The Kier molecular flexibility index (Phi) is 7.02. The molecule has 1 heterocycles. The molecule has 186 valence electrons. The lowest BCUT2D eigenvalue weighted by Gasteiger charge is -2.48. The van der Waals surface area contributed by atoms with Gasteiger partial charge in [0.05, 0.1) is 11.8 Å². The monoisotopic (exact) mass is 514 g/mol. The zero-order chi connectivity index (χ0) is 25.4. The van der Waals surface area contributed by atoms with Crippen LogP contribution in [-0.4, -0.2) is 20.3 Å². The van der Waals surface area contributed by atoms with E-state index >= 15 is 0 Å². The summed E-state index contributed by atoms with van der Waals surface area (Å²) in [6.45, 7) is 4.91. The minimum atomic E-state index is -4.95. The van der Waals surface area contributed by atoms with Crippen LogP contribution in [0.25, 0.3) is 0 Å². The topological polar surface area (TPSA) is 93.1 Å². The summed E-state index contributed by atoms with van der Waals surface area (Å²) in [4.78, 5) is 21.5. The molecule has 1 aliphatic heterocycles. The van der Waals surface area contributed by atoms with E-state index in [0.29, 0.717) is 0 Å². The van der Waals surface area contributed by atoms with Gasteiger partial charge in [0, 0.05) is 5.41 Å². The van der Waals surface area contributed by atoms with Gasteiger partial charge in [-0.3, -0.25) is 13.7 Å². The fourth-order valence-corrected chi connectivity index (χ4v) is 9.52. The molecule has 3 aromatic carbocycles. The molecule has 3 aromatic rings. The van der Waals surface area contributed by atoms with Gasteiger partial charge in [0.15, 0.2) is 5.34 Å². The maximum Gasteiger partial charge on any atom is 0.358 e. The molecule has 0 amide bonds. The highest BCUT2D eigenvalue weighted by atomic mass is 31.2. The normalized spacial score (nSPS) is 25.4. The van der Waals surface area contributed by atoms with E-state index in [9.17, 15) is 18.9 Å². The van der Waals surface area contributed by atoms with Crippen LogP contribution in [0.2, 0.25) is 0 Å². The molecule has 0 spiro atoms. The van der Waals surface area contributed by atoms with Gasteiger partial charge in [0.25, 0.3) is 0 Å². The van der Waals surface area contributed by atoms with Gasteiger partial charge in [-0.2, -0.15) is 0 Å². The first-order valence-electron chi connectivity index (χ1n) is 11.6. The summed E-state index contributed by atoms with van der Waals surface area (Å²) in [6, 6.07) is 28.2. The minimum absolute atomic E-state index is 0.00550. The molecule has 2 atom stereocenters. The Morgan fingerprint density at radius 3 is 1.57 bits per heavy atom. The Morgan fingerprint density at radius 2 is 1.17 bits per heavy atom. The predicted molar refractivity (Wildman–Crippen MR) is 137 cm³/mol. The van der Waals surface area contributed by atoms with Crippen LogP contribution in [0, 0.1) is 5.41 Å². The summed E-state index contributed by atoms with van der Waals surface area (Å²) in [5.74, 6) is 0. The lowest BCUT2D eigenvalue weighted by atomic mass is 9.64. The molecule has 0 radical (unpaired) electrons. The molecule has 2 unspecified atom stereocenters. The molecule has 1 fully saturated rings. The van der Waals surface area contributed by atoms with Crippen molar-refractivity contribution in [2.45, 2.75) is 50.7 Å². The third kappa shape index (κ3) is 4.49. The molecular weight excluding hydrogens is 482 g/mol. The second kappa shape index (κ2) is 9.44. The first-order chi connectivity index (χ1) is 16.4. The third-order valence-corrected chi connectivity index (χ3v) is 12.2. The Balaban J connectivity index is 1.89. The molecule has 0 aromatic heterocycles. The Hall–Kier alpha value is -2.04. The number of rotatable bonds is 8. The summed E-state index contributed by atoms with van der Waals surface area (Å²) in [6.07, 6.45) is 0.492. The van der Waals surface area contributed by atoms with Crippen LogP contribution in [0.1, 0.15) is 37.5 Å². The van der Waals surface area contributed by atoms with Crippen molar-refractivity contribution >= 4 is 15.2 Å². The highest BCUT2D eigenvalue weighted by molar-refractivity contribution is 7.59. The third-order valence-electron chi connectivity index (χ3n) is 7.54. The fraction of sp³-hybridized carbons (Fsp3) is 0.333. The number of benzene rings is 3. The van der Waals surface area contributed by atoms with Crippen LogP contribution in [0.5, 0.6) is 0 Å². The Labute approximate surface area is 207 Å². The fourth-order valence-electron chi connectivity index (χ4n) is 5.23. The smallest absolute Gasteiger partial charge is 0.322 e. The molecule has 8 heteroatoms. The van der Waals surface area contributed by atoms with Crippen molar-refractivity contribution in [1.82, 2.24) is 0 Å². The largest absolute Gasteiger partial charge is 0.358 e. The van der Waals surface area contributed by atoms with Crippen LogP contribution in [-0.2, 0) is 37.6 Å². The van der Waals surface area contributed by atoms with E-state index in [-0.39, 0.29) is 19.4 Å². The predicted octanol–water partition coefficient (Wildman–Crippen LogP) is 6.57. The van der Waals surface area contributed by atoms with Gasteiger partial charge in [0.2, 0.25) is 0 Å². The molecule has 0 saturated carbocycles. The van der Waals surface area contributed by atoms with Gasteiger partial charge in [0.1, 0.15) is 0 Å². The molecule has 1 saturated heterocycles. The second-order valence-corrected chi connectivity index (χ2v) is 14.3. The number of hydrogen-bond donors (Lipinski definition) is 2. The van der Waals surface area contributed by atoms with E-state index < -0.39 is 31.1 Å². The Morgan fingerprint density at radius 1 is 0.771 bits per heavy atom. The quantitative estimate of drug-likeness (QED) is 0.330. The van der Waals surface area contributed by atoms with E-state index in [1.54, 1.807) is 13.8 Å². The lowest BCUT2D eigenvalue weighted by molar-refractivity contribution is 0.0195. The van der Waals surface area contributed by atoms with Crippen molar-refractivity contribution in [3.8, 4) is 0 Å². The van der Waals surface area contributed by atoms with Crippen molar-refractivity contribution in [1.29, 1.82) is 0 Å². The van der Waals surface area contributed by atoms with Crippen molar-refractivity contribution in [2.24, 2.45) is 5.41 Å². The van der Waals surface area contributed by atoms with Crippen LogP contribution in [0.3, 0.4) is 0 Å². The summed E-state index contributed by atoms with van der Waals surface area (Å²) in [5, 5.41) is -3.29. The van der Waals surface area contributed by atoms with E-state index in [2.05, 4.69) is 0 Å². The maximum atomic E-state index is 14.5. The molecule has 35 heavy (non-hydrogen) atoms. The highest BCUT2D eigenvalue weighted by Gasteiger charge is 2.78. The standard InChI is InChI=1S/C27H32O6P2/c1-25(2)27(19-22-13-7-4-8-14-22,20-23-15-9-5-10-16-23)26(3,34(28,29)30)33-35(25,31)32-21-24-17-11-6-12-18-24/h4-18H,19-21H2,1-3H3,(H2,28,29,30). The first-order valence-corrected chi connectivity index (χ1v) is 14.7. The van der Waals surface area contributed by atoms with E-state index in [4.69, 9.17) is 9.05 Å². The lowest BCUT2D eigenvalue weighted by Crippen LogP contribution is -2.54. The summed E-state index contributed by atoms with van der Waals surface area (Å²) >= 11 is 0. The van der Waals surface area contributed by atoms with Crippen LogP contribution >= 0.6 is 15.2 Å². The van der Waals surface area contributed by atoms with Crippen molar-refractivity contribution in [2.75, 3.05) is 0 Å². The SMILES string of the molecule is CC1(P(=O)(O)O)OP(=O)(OCc2ccccc2)C(C)(C)C1(Cc1ccccc1)Cc1ccccc1. The molecule has 6 nitrogen and oxygen atoms in total. The first kappa shape index (κ1) is 26.0. The van der Waals surface area contributed by atoms with E-state index in [1.165, 1.54) is 6.92 Å². The van der Waals surface area contributed by atoms with Crippen LogP contribution < -0.4 is 0 Å². The van der Waals surface area contributed by atoms with Gasteiger partial charge >= 0.3 is 15.2 Å². The highest BCUT2D eigenvalue weighted by Crippen LogP contribution is 2.84. The summed E-state index contributed by atoms with van der Waals surface area (Å²) in [7, 11) is -8.99. The molecule has 2 N–H and O–H groups in total. The van der Waals surface area contributed by atoms with E-state index in [0.717, 1.165) is 16.7 Å². The van der Waals surface area contributed by atoms with Crippen molar-refractivity contribution < 1.29 is 28.0 Å². The number of hydrogen-bond acceptors (Lipinski definition) is 4. The van der Waals surface area contributed by atoms with E-state index in [1.807, 2.05) is 91.0 Å². The van der Waals surface area contributed by atoms with Crippen LogP contribution in [0.4, 0.5) is 0 Å². The average molecular weight is 514 g/mol. The summed E-state index contributed by atoms with van der Waals surface area (Å²) in [5.41, 5.74) is 1.28. The van der Waals surface area contributed by atoms with Crippen molar-refractivity contribution in [3.05, 3.63) is 108 Å². The molecular formula is C27H32O6P2. The zero-order valence-electron chi connectivity index (χ0n) is 20.2. The molecule has 4 rings (SSSR count). The van der Waals surface area contributed by atoms with Gasteiger partial charge in [-0.15, -0.1) is 0 Å². The van der Waals surface area contributed by atoms with Gasteiger partial charge < -0.3 is 14.3 Å². The summed E-state index contributed by atoms with van der Waals surface area (Å²) < 4.78 is 39.8. The molecule has 0 aliphatic carbocycles. The van der Waals surface area contributed by atoms with Gasteiger partial charge in [-0.1, -0.05) is 91.0 Å². The Bertz CT molecular complexity index is 1200. The van der Waals surface area contributed by atoms with Crippen molar-refractivity contribution in [3.63, 3.8) is 0 Å². The molecule has 1 aliphatic rings. The molecule has 0 bridgehead atoms. The van der Waals surface area contributed by atoms with Gasteiger partial charge in [-0.05, 0) is 50.3 Å². The minimum Gasteiger partial charge on any atom is -0.322 e. The maximum absolute atomic E-state index is 14.5. The average Bonchev–Trinajstić information content (AvgIpc) is 2.95. The second-order valence-electron chi connectivity index (χ2n) is 9.84. The zero-order valence-corrected chi connectivity index (χ0v) is 22.0.